The third kappa shape index (κ3) is 3.74. The molecule has 1 aliphatic carbocycles. The van der Waals surface area contributed by atoms with E-state index in [-0.39, 0.29) is 11.4 Å². The summed E-state index contributed by atoms with van der Waals surface area (Å²) in [6.07, 6.45) is 4.42. The molecule has 3 N–H and O–H groups in total. The van der Waals surface area contributed by atoms with Crippen molar-refractivity contribution in [1.29, 1.82) is 0 Å². The molecule has 0 heterocycles. The average Bonchev–Trinajstić information content (AvgIpc) is 2.79. The molecule has 0 unspecified atom stereocenters. The lowest BCUT2D eigenvalue weighted by atomic mass is 9.94. The van der Waals surface area contributed by atoms with Gasteiger partial charge in [0, 0.05) is 22.5 Å². The number of carbonyl (C=O) groups excluding carboxylic acids is 1. The maximum absolute atomic E-state index is 12.1. The topological polar surface area (TPSA) is 64.3 Å². The van der Waals surface area contributed by atoms with Crippen molar-refractivity contribution < 1.29 is 9.53 Å². The second-order valence-electron chi connectivity index (χ2n) is 5.26. The monoisotopic (exact) mass is 404 g/mol. The Morgan fingerprint density at radius 1 is 1.35 bits per heavy atom. The molecule has 0 radical (unpaired) electrons. The first kappa shape index (κ1) is 15.8. The molecule has 110 valence electrons. The van der Waals surface area contributed by atoms with Gasteiger partial charge in [-0.25, -0.2) is 0 Å². The lowest BCUT2D eigenvalue weighted by Crippen LogP contribution is -2.40. The van der Waals surface area contributed by atoms with Crippen molar-refractivity contribution in [2.45, 2.75) is 37.6 Å². The quantitative estimate of drug-likeness (QED) is 0.800. The molecule has 1 aliphatic rings. The normalized spacial score (nSPS) is 17.0. The summed E-state index contributed by atoms with van der Waals surface area (Å²) < 4.78 is 6.86. The van der Waals surface area contributed by atoms with E-state index in [1.54, 1.807) is 13.2 Å². The van der Waals surface area contributed by atoms with Gasteiger partial charge in [-0.15, -0.1) is 0 Å². The van der Waals surface area contributed by atoms with Crippen LogP contribution in [0.15, 0.2) is 21.1 Å². The lowest BCUT2D eigenvalue weighted by molar-refractivity contribution is -0.117. The fraction of sp³-hybridized carbons (Fsp3) is 0.500. The van der Waals surface area contributed by atoms with Crippen LogP contribution in [0.2, 0.25) is 0 Å². The molecule has 0 saturated heterocycles. The minimum atomic E-state index is -0.337. The standard InChI is InChI=1S/C14H18Br2N2O2/c1-20-12-7-11(9(15)6-10(12)16)18-13(19)8-14(17)4-2-3-5-14/h6-7H,2-5,8,17H2,1H3,(H,18,19). The Balaban J connectivity index is 2.07. The second-order valence-corrected chi connectivity index (χ2v) is 6.97. The molecule has 20 heavy (non-hydrogen) atoms. The van der Waals surface area contributed by atoms with E-state index in [1.807, 2.05) is 6.07 Å². The van der Waals surface area contributed by atoms with Crippen molar-refractivity contribution in [2.75, 3.05) is 12.4 Å². The average molecular weight is 406 g/mol. The van der Waals surface area contributed by atoms with E-state index in [1.165, 1.54) is 0 Å². The van der Waals surface area contributed by atoms with Crippen LogP contribution in [0.1, 0.15) is 32.1 Å². The van der Waals surface area contributed by atoms with Gasteiger partial charge in [-0.05, 0) is 50.8 Å². The van der Waals surface area contributed by atoms with Crippen LogP contribution in [0.4, 0.5) is 5.69 Å². The number of anilines is 1. The van der Waals surface area contributed by atoms with Crippen molar-refractivity contribution in [3.05, 3.63) is 21.1 Å². The second kappa shape index (κ2) is 6.45. The van der Waals surface area contributed by atoms with Crippen molar-refractivity contribution >= 4 is 43.5 Å². The van der Waals surface area contributed by atoms with Crippen LogP contribution in [0.3, 0.4) is 0 Å². The molecular weight excluding hydrogens is 388 g/mol. The summed E-state index contributed by atoms with van der Waals surface area (Å²) in [5.74, 6) is 0.617. The fourth-order valence-corrected chi connectivity index (χ4v) is 3.81. The number of hydrogen-bond acceptors (Lipinski definition) is 3. The molecule has 0 spiro atoms. The van der Waals surface area contributed by atoms with Crippen LogP contribution in [-0.2, 0) is 4.79 Å². The summed E-state index contributed by atoms with van der Waals surface area (Å²) in [6, 6.07) is 3.63. The number of hydrogen-bond donors (Lipinski definition) is 2. The van der Waals surface area contributed by atoms with Gasteiger partial charge >= 0.3 is 0 Å². The van der Waals surface area contributed by atoms with E-state index < -0.39 is 0 Å². The van der Waals surface area contributed by atoms with E-state index >= 15 is 0 Å². The number of nitrogens with two attached hydrogens (primary N) is 1. The van der Waals surface area contributed by atoms with Gasteiger partial charge in [0.2, 0.25) is 5.91 Å². The highest BCUT2D eigenvalue weighted by molar-refractivity contribution is 9.11. The summed E-state index contributed by atoms with van der Waals surface area (Å²) in [5, 5.41) is 2.90. The molecule has 1 aromatic carbocycles. The number of rotatable bonds is 4. The summed E-state index contributed by atoms with van der Waals surface area (Å²) in [7, 11) is 1.59. The molecule has 1 aromatic rings. The predicted octanol–water partition coefficient (Wildman–Crippen LogP) is 3.82. The number of methoxy groups -OCH3 is 1. The zero-order valence-electron chi connectivity index (χ0n) is 11.3. The van der Waals surface area contributed by atoms with Crippen molar-refractivity contribution in [3.63, 3.8) is 0 Å². The highest BCUT2D eigenvalue weighted by atomic mass is 79.9. The Kier molecular flexibility index (Phi) is 5.09. The zero-order valence-corrected chi connectivity index (χ0v) is 14.5. The van der Waals surface area contributed by atoms with Gasteiger partial charge < -0.3 is 15.8 Å². The minimum Gasteiger partial charge on any atom is -0.495 e. The van der Waals surface area contributed by atoms with Gasteiger partial charge in [0.05, 0.1) is 17.3 Å². The van der Waals surface area contributed by atoms with E-state index in [4.69, 9.17) is 10.5 Å². The predicted molar refractivity (Wildman–Crippen MR) is 87.0 cm³/mol. The first-order valence-electron chi connectivity index (χ1n) is 6.55. The highest BCUT2D eigenvalue weighted by Gasteiger charge is 2.31. The zero-order chi connectivity index (χ0) is 14.8. The molecule has 0 atom stereocenters. The number of amides is 1. The molecule has 0 aromatic heterocycles. The molecule has 4 nitrogen and oxygen atoms in total. The van der Waals surface area contributed by atoms with E-state index in [2.05, 4.69) is 37.2 Å². The molecule has 1 fully saturated rings. The summed E-state index contributed by atoms with van der Waals surface area (Å²) in [4.78, 5) is 12.1. The molecule has 1 amide bonds. The van der Waals surface area contributed by atoms with Crippen molar-refractivity contribution in [3.8, 4) is 5.75 Å². The number of carbonyl (C=O) groups is 1. The number of halogens is 2. The van der Waals surface area contributed by atoms with Crippen LogP contribution >= 0.6 is 31.9 Å². The van der Waals surface area contributed by atoms with Crippen LogP contribution in [0.5, 0.6) is 5.75 Å². The number of ether oxygens (including phenoxy) is 1. The third-order valence-corrected chi connectivity index (χ3v) is 4.90. The molecule has 6 heteroatoms. The Hall–Kier alpha value is -0.590. The molecular formula is C14H18Br2N2O2. The van der Waals surface area contributed by atoms with E-state index in [9.17, 15) is 4.79 Å². The summed E-state index contributed by atoms with van der Waals surface area (Å²) in [5.41, 5.74) is 6.58. The van der Waals surface area contributed by atoms with E-state index in [0.29, 0.717) is 17.9 Å². The smallest absolute Gasteiger partial charge is 0.226 e. The van der Waals surface area contributed by atoms with Crippen LogP contribution in [-0.4, -0.2) is 18.6 Å². The van der Waals surface area contributed by atoms with Gasteiger partial charge in [0.1, 0.15) is 5.75 Å². The van der Waals surface area contributed by atoms with Crippen LogP contribution < -0.4 is 15.8 Å². The maximum Gasteiger partial charge on any atom is 0.226 e. The lowest BCUT2D eigenvalue weighted by Gasteiger charge is -2.22. The van der Waals surface area contributed by atoms with Gasteiger partial charge in [-0.1, -0.05) is 12.8 Å². The Bertz CT molecular complexity index is 514. The third-order valence-electron chi connectivity index (χ3n) is 3.63. The van der Waals surface area contributed by atoms with Crippen molar-refractivity contribution in [2.24, 2.45) is 5.73 Å². The maximum atomic E-state index is 12.1. The molecule has 1 saturated carbocycles. The number of benzene rings is 1. The largest absolute Gasteiger partial charge is 0.495 e. The molecule has 0 aliphatic heterocycles. The number of nitrogens with one attached hydrogen (secondary N) is 1. The SMILES string of the molecule is COc1cc(NC(=O)CC2(N)CCCC2)c(Br)cc1Br. The minimum absolute atomic E-state index is 0.0560. The summed E-state index contributed by atoms with van der Waals surface area (Å²) in [6.45, 7) is 0. The Morgan fingerprint density at radius 3 is 2.60 bits per heavy atom. The van der Waals surface area contributed by atoms with Gasteiger partial charge in [-0.2, -0.15) is 0 Å². The molecule has 0 bridgehead atoms. The van der Waals surface area contributed by atoms with Gasteiger partial charge in [0.15, 0.2) is 0 Å². The van der Waals surface area contributed by atoms with Gasteiger partial charge in [0.25, 0.3) is 0 Å². The Morgan fingerprint density at radius 2 is 2.00 bits per heavy atom. The summed E-state index contributed by atoms with van der Waals surface area (Å²) >= 11 is 6.83. The van der Waals surface area contributed by atoms with E-state index in [0.717, 1.165) is 34.6 Å². The van der Waals surface area contributed by atoms with Crippen LogP contribution in [0.25, 0.3) is 0 Å². The highest BCUT2D eigenvalue weighted by Crippen LogP contribution is 2.35. The first-order valence-corrected chi connectivity index (χ1v) is 8.14. The Labute approximate surface area is 135 Å². The first-order chi connectivity index (χ1) is 9.43. The van der Waals surface area contributed by atoms with Crippen molar-refractivity contribution in [1.82, 2.24) is 0 Å². The van der Waals surface area contributed by atoms with Gasteiger partial charge in [-0.3, -0.25) is 4.79 Å². The van der Waals surface area contributed by atoms with Crippen LogP contribution in [0, 0.1) is 0 Å². The molecule has 2 rings (SSSR count). The fourth-order valence-electron chi connectivity index (χ4n) is 2.55.